The van der Waals surface area contributed by atoms with Gasteiger partial charge in [0.05, 0.1) is 29.7 Å². The Labute approximate surface area is 174 Å². The third kappa shape index (κ3) is 4.90. The third-order valence-electron chi connectivity index (χ3n) is 4.78. The van der Waals surface area contributed by atoms with Gasteiger partial charge in [-0.2, -0.15) is 15.3 Å². The minimum absolute atomic E-state index is 0.0295. The summed E-state index contributed by atoms with van der Waals surface area (Å²) < 4.78 is 10.4. The normalized spacial score (nSPS) is 13.2. The standard InChI is InChI=1S/C22H23N5O3/c1-29-9-8-23-22(28)14-30-19-5-3-16(4-6-19)21-12-18(25-27-21)11-15-2-7-20-17(10-15)13-24-26-20/h2-7,10,13H,8-9,11-12,14H2,1H3,(H,23,28)(H,24,26). The van der Waals surface area contributed by atoms with Crippen LogP contribution in [0.15, 0.2) is 58.9 Å². The summed E-state index contributed by atoms with van der Waals surface area (Å²) in [7, 11) is 1.59. The number of methoxy groups -OCH3 is 1. The van der Waals surface area contributed by atoms with Gasteiger partial charge in [-0.15, -0.1) is 0 Å². The second-order valence-corrected chi connectivity index (χ2v) is 7.01. The molecule has 0 aliphatic carbocycles. The number of hydrogen-bond donors (Lipinski definition) is 2. The Morgan fingerprint density at radius 3 is 2.87 bits per heavy atom. The van der Waals surface area contributed by atoms with Gasteiger partial charge in [0, 0.05) is 31.9 Å². The number of nitrogens with one attached hydrogen (secondary N) is 2. The molecule has 0 bridgehead atoms. The number of fused-ring (bicyclic) bond motifs is 1. The molecular formula is C22H23N5O3. The van der Waals surface area contributed by atoms with Crippen molar-refractivity contribution in [3.8, 4) is 5.75 Å². The van der Waals surface area contributed by atoms with Crippen molar-refractivity contribution in [2.45, 2.75) is 12.8 Å². The van der Waals surface area contributed by atoms with E-state index in [1.54, 1.807) is 7.11 Å². The fourth-order valence-electron chi connectivity index (χ4n) is 3.23. The van der Waals surface area contributed by atoms with Crippen LogP contribution in [0.5, 0.6) is 5.75 Å². The first kappa shape index (κ1) is 19.8. The first-order valence-electron chi connectivity index (χ1n) is 9.74. The number of aromatic nitrogens is 2. The molecule has 2 aromatic carbocycles. The van der Waals surface area contributed by atoms with E-state index in [9.17, 15) is 4.79 Å². The monoisotopic (exact) mass is 405 g/mol. The van der Waals surface area contributed by atoms with E-state index in [1.807, 2.05) is 36.5 Å². The van der Waals surface area contributed by atoms with Crippen LogP contribution in [0.1, 0.15) is 17.5 Å². The molecule has 30 heavy (non-hydrogen) atoms. The Hall–Kier alpha value is -3.52. The summed E-state index contributed by atoms with van der Waals surface area (Å²) in [6.07, 6.45) is 3.29. The Morgan fingerprint density at radius 1 is 1.17 bits per heavy atom. The SMILES string of the molecule is COCCNC(=O)COc1ccc(C2=NN=C(Cc3ccc4[nH]ncc4c3)C2)cc1. The number of hydrogen-bond acceptors (Lipinski definition) is 6. The summed E-state index contributed by atoms with van der Waals surface area (Å²) >= 11 is 0. The van der Waals surface area contributed by atoms with Crippen LogP contribution in [0.2, 0.25) is 0 Å². The molecule has 1 aliphatic rings. The van der Waals surface area contributed by atoms with Crippen molar-refractivity contribution in [2.75, 3.05) is 26.9 Å². The summed E-state index contributed by atoms with van der Waals surface area (Å²) in [5.41, 5.74) is 5.17. The number of rotatable bonds is 9. The molecular weight excluding hydrogens is 382 g/mol. The maximum Gasteiger partial charge on any atom is 0.258 e. The molecule has 0 radical (unpaired) electrons. The van der Waals surface area contributed by atoms with Crippen molar-refractivity contribution in [1.82, 2.24) is 15.5 Å². The molecule has 1 aliphatic heterocycles. The molecule has 1 amide bonds. The second kappa shape index (κ2) is 9.32. The van der Waals surface area contributed by atoms with Gasteiger partial charge in [0.2, 0.25) is 0 Å². The molecule has 0 atom stereocenters. The van der Waals surface area contributed by atoms with Gasteiger partial charge in [0.25, 0.3) is 5.91 Å². The van der Waals surface area contributed by atoms with Crippen LogP contribution in [0.25, 0.3) is 10.9 Å². The average Bonchev–Trinajstić information content (AvgIpc) is 3.42. The van der Waals surface area contributed by atoms with Gasteiger partial charge in [-0.05, 0) is 47.5 Å². The van der Waals surface area contributed by atoms with Crippen molar-refractivity contribution in [1.29, 1.82) is 0 Å². The highest BCUT2D eigenvalue weighted by atomic mass is 16.5. The van der Waals surface area contributed by atoms with E-state index in [0.29, 0.717) is 25.3 Å². The number of aromatic amines is 1. The van der Waals surface area contributed by atoms with Gasteiger partial charge >= 0.3 is 0 Å². The van der Waals surface area contributed by atoms with Crippen LogP contribution in [0, 0.1) is 0 Å². The minimum Gasteiger partial charge on any atom is -0.484 e. The molecule has 3 aromatic rings. The number of H-pyrrole nitrogens is 1. The first-order valence-corrected chi connectivity index (χ1v) is 9.74. The van der Waals surface area contributed by atoms with Crippen LogP contribution in [0.3, 0.4) is 0 Å². The Bertz CT molecular complexity index is 1090. The minimum atomic E-state index is -0.178. The van der Waals surface area contributed by atoms with Crippen molar-refractivity contribution < 1.29 is 14.3 Å². The van der Waals surface area contributed by atoms with Gasteiger partial charge in [-0.1, -0.05) is 6.07 Å². The van der Waals surface area contributed by atoms with Gasteiger partial charge in [-0.3, -0.25) is 9.89 Å². The molecule has 0 saturated heterocycles. The number of carbonyl (C=O) groups excluding carboxylic acids is 1. The zero-order valence-electron chi connectivity index (χ0n) is 16.7. The fourth-order valence-corrected chi connectivity index (χ4v) is 3.23. The highest BCUT2D eigenvalue weighted by molar-refractivity contribution is 6.15. The molecule has 0 fully saturated rings. The van der Waals surface area contributed by atoms with Crippen molar-refractivity contribution in [3.63, 3.8) is 0 Å². The summed E-state index contributed by atoms with van der Waals surface area (Å²) in [4.78, 5) is 11.7. The molecule has 2 N–H and O–H groups in total. The highest BCUT2D eigenvalue weighted by Gasteiger charge is 2.15. The number of benzene rings is 2. The fraction of sp³-hybridized carbons (Fsp3) is 0.273. The van der Waals surface area contributed by atoms with Gasteiger partial charge in [0.1, 0.15) is 5.75 Å². The predicted octanol–water partition coefficient (Wildman–Crippen LogP) is 2.50. The first-order chi connectivity index (χ1) is 14.7. The molecule has 4 rings (SSSR count). The van der Waals surface area contributed by atoms with Crippen LogP contribution in [0.4, 0.5) is 0 Å². The Balaban J connectivity index is 1.27. The van der Waals surface area contributed by atoms with E-state index >= 15 is 0 Å². The lowest BCUT2D eigenvalue weighted by molar-refractivity contribution is -0.123. The van der Waals surface area contributed by atoms with E-state index in [1.165, 1.54) is 5.56 Å². The van der Waals surface area contributed by atoms with Gasteiger partial charge in [0.15, 0.2) is 6.61 Å². The largest absolute Gasteiger partial charge is 0.484 e. The van der Waals surface area contributed by atoms with Crippen molar-refractivity contribution >= 4 is 28.2 Å². The van der Waals surface area contributed by atoms with E-state index in [2.05, 4.69) is 37.8 Å². The molecule has 0 saturated carbocycles. The second-order valence-electron chi connectivity index (χ2n) is 7.01. The van der Waals surface area contributed by atoms with E-state index in [-0.39, 0.29) is 12.5 Å². The van der Waals surface area contributed by atoms with Gasteiger partial charge < -0.3 is 14.8 Å². The molecule has 1 aromatic heterocycles. The van der Waals surface area contributed by atoms with Crippen LogP contribution in [-0.4, -0.2) is 54.4 Å². The Morgan fingerprint density at radius 2 is 2.03 bits per heavy atom. The maximum absolute atomic E-state index is 11.7. The molecule has 0 spiro atoms. The van der Waals surface area contributed by atoms with Crippen LogP contribution < -0.4 is 10.1 Å². The molecule has 8 nitrogen and oxygen atoms in total. The lowest BCUT2D eigenvalue weighted by Gasteiger charge is -2.08. The topological polar surface area (TPSA) is 101 Å². The zero-order valence-corrected chi connectivity index (χ0v) is 16.7. The summed E-state index contributed by atoms with van der Waals surface area (Å²) in [5.74, 6) is 0.455. The lowest BCUT2D eigenvalue weighted by Crippen LogP contribution is -2.31. The van der Waals surface area contributed by atoms with Crippen LogP contribution in [-0.2, 0) is 16.0 Å². The average molecular weight is 405 g/mol. The predicted molar refractivity (Wildman–Crippen MR) is 115 cm³/mol. The smallest absolute Gasteiger partial charge is 0.258 e. The van der Waals surface area contributed by atoms with Crippen molar-refractivity contribution in [3.05, 3.63) is 59.8 Å². The van der Waals surface area contributed by atoms with E-state index in [4.69, 9.17) is 9.47 Å². The molecule has 0 unspecified atom stereocenters. The third-order valence-corrected chi connectivity index (χ3v) is 4.78. The number of ether oxygens (including phenoxy) is 2. The van der Waals surface area contributed by atoms with Crippen LogP contribution >= 0.6 is 0 Å². The highest BCUT2D eigenvalue weighted by Crippen LogP contribution is 2.19. The maximum atomic E-state index is 11.7. The molecule has 8 heteroatoms. The quantitative estimate of drug-likeness (QED) is 0.534. The summed E-state index contributed by atoms with van der Waals surface area (Å²) in [6, 6.07) is 13.8. The molecule has 2 heterocycles. The van der Waals surface area contributed by atoms with E-state index < -0.39 is 0 Å². The zero-order chi connectivity index (χ0) is 20.8. The van der Waals surface area contributed by atoms with Crippen molar-refractivity contribution in [2.24, 2.45) is 10.2 Å². The summed E-state index contributed by atoms with van der Waals surface area (Å²) in [6.45, 7) is 0.915. The number of nitrogens with zero attached hydrogens (tertiary/aromatic N) is 3. The number of amides is 1. The molecule has 154 valence electrons. The number of carbonyl (C=O) groups is 1. The Kier molecular flexibility index (Phi) is 6.14. The van der Waals surface area contributed by atoms with E-state index in [0.717, 1.165) is 34.3 Å². The summed E-state index contributed by atoms with van der Waals surface area (Å²) in [5, 5.41) is 19.5. The lowest BCUT2D eigenvalue weighted by atomic mass is 10.0. The van der Waals surface area contributed by atoms with Gasteiger partial charge in [-0.25, -0.2) is 0 Å².